The molecule has 2 amide bonds. The third-order valence-corrected chi connectivity index (χ3v) is 3.95. The van der Waals surface area contributed by atoms with Gasteiger partial charge in [-0.15, -0.1) is 0 Å². The van der Waals surface area contributed by atoms with E-state index in [1.807, 2.05) is 18.4 Å². The number of rotatable bonds is 5. The summed E-state index contributed by atoms with van der Waals surface area (Å²) in [5.74, 6) is -1.35. The molecule has 0 fully saturated rings. The lowest BCUT2D eigenvalue weighted by Gasteiger charge is -2.17. The molecule has 1 aliphatic carbocycles. The standard InChI is InChI=1S/C14H18N2O3S/c1-9(6-10-4-5-20-8-10)15-14(19)16-12-3-2-11(7-12)13(17)18/h2-5,8-9,11-12H,6-7H2,1H3,(H,17,18)(H2,15,16,19). The number of urea groups is 1. The van der Waals surface area contributed by atoms with Crippen LogP contribution in [0.15, 0.2) is 29.0 Å². The third kappa shape index (κ3) is 4.09. The van der Waals surface area contributed by atoms with Crippen LogP contribution in [0.5, 0.6) is 0 Å². The summed E-state index contributed by atoms with van der Waals surface area (Å²) in [5.41, 5.74) is 1.20. The molecule has 0 spiro atoms. The first-order chi connectivity index (χ1) is 9.54. The predicted molar refractivity (Wildman–Crippen MR) is 77.8 cm³/mol. The van der Waals surface area contributed by atoms with Crippen molar-refractivity contribution in [3.63, 3.8) is 0 Å². The molecule has 1 aliphatic rings. The second-order valence-corrected chi connectivity index (χ2v) is 5.81. The number of hydrogen-bond acceptors (Lipinski definition) is 3. The molecule has 0 aliphatic heterocycles. The van der Waals surface area contributed by atoms with E-state index in [0.29, 0.717) is 6.42 Å². The number of carboxylic acid groups (broad SMARTS) is 1. The number of nitrogens with one attached hydrogen (secondary N) is 2. The Balaban J connectivity index is 1.73. The maximum atomic E-state index is 11.8. The Morgan fingerprint density at radius 3 is 2.90 bits per heavy atom. The van der Waals surface area contributed by atoms with Crippen LogP contribution in [0.1, 0.15) is 18.9 Å². The molecule has 1 heterocycles. The molecule has 0 radical (unpaired) electrons. The minimum Gasteiger partial charge on any atom is -0.481 e. The molecule has 1 aromatic rings. The fraction of sp³-hybridized carbons (Fsp3) is 0.429. The molecular formula is C14H18N2O3S. The van der Waals surface area contributed by atoms with Gasteiger partial charge in [-0.2, -0.15) is 11.3 Å². The highest BCUT2D eigenvalue weighted by atomic mass is 32.1. The smallest absolute Gasteiger partial charge is 0.315 e. The highest BCUT2D eigenvalue weighted by Gasteiger charge is 2.25. The lowest BCUT2D eigenvalue weighted by atomic mass is 10.1. The van der Waals surface area contributed by atoms with E-state index >= 15 is 0 Å². The summed E-state index contributed by atoms with van der Waals surface area (Å²) in [7, 11) is 0. The van der Waals surface area contributed by atoms with E-state index in [1.165, 1.54) is 5.56 Å². The van der Waals surface area contributed by atoms with E-state index in [9.17, 15) is 9.59 Å². The van der Waals surface area contributed by atoms with Crippen LogP contribution in [0.4, 0.5) is 4.79 Å². The largest absolute Gasteiger partial charge is 0.481 e. The average Bonchev–Trinajstić information content (AvgIpc) is 2.99. The molecule has 0 saturated carbocycles. The van der Waals surface area contributed by atoms with Crippen LogP contribution in [-0.2, 0) is 11.2 Å². The first-order valence-electron chi connectivity index (χ1n) is 6.54. The molecular weight excluding hydrogens is 276 g/mol. The maximum Gasteiger partial charge on any atom is 0.315 e. The molecule has 6 heteroatoms. The number of aliphatic carboxylic acids is 1. The minimum absolute atomic E-state index is 0.0326. The van der Waals surface area contributed by atoms with Gasteiger partial charge in [0.15, 0.2) is 0 Å². The zero-order valence-corrected chi connectivity index (χ0v) is 12.0. The summed E-state index contributed by atoms with van der Waals surface area (Å²) in [4.78, 5) is 22.6. The Kier molecular flexibility index (Phi) is 4.79. The number of amides is 2. The molecule has 0 bridgehead atoms. The van der Waals surface area contributed by atoms with Gasteiger partial charge in [0.1, 0.15) is 0 Å². The number of carbonyl (C=O) groups excluding carboxylic acids is 1. The van der Waals surface area contributed by atoms with Gasteiger partial charge in [-0.1, -0.05) is 12.2 Å². The topological polar surface area (TPSA) is 78.4 Å². The SMILES string of the molecule is CC(Cc1ccsc1)NC(=O)NC1C=CC(C(=O)O)C1. The van der Waals surface area contributed by atoms with Crippen molar-refractivity contribution >= 4 is 23.3 Å². The highest BCUT2D eigenvalue weighted by Crippen LogP contribution is 2.17. The summed E-state index contributed by atoms with van der Waals surface area (Å²) in [5, 5.41) is 18.6. The molecule has 0 aromatic carbocycles. The molecule has 108 valence electrons. The Bertz CT molecular complexity index is 499. The lowest BCUT2D eigenvalue weighted by Crippen LogP contribution is -2.45. The van der Waals surface area contributed by atoms with Gasteiger partial charge in [0.25, 0.3) is 0 Å². The van der Waals surface area contributed by atoms with Crippen molar-refractivity contribution in [1.82, 2.24) is 10.6 Å². The first-order valence-corrected chi connectivity index (χ1v) is 7.48. The molecule has 5 nitrogen and oxygen atoms in total. The van der Waals surface area contributed by atoms with Crippen molar-refractivity contribution in [3.05, 3.63) is 34.5 Å². The quantitative estimate of drug-likeness (QED) is 0.727. The average molecular weight is 294 g/mol. The Morgan fingerprint density at radius 2 is 2.30 bits per heavy atom. The van der Waals surface area contributed by atoms with E-state index in [1.54, 1.807) is 23.5 Å². The Labute approximate surface area is 121 Å². The normalized spacial score (nSPS) is 22.4. The minimum atomic E-state index is -0.850. The van der Waals surface area contributed by atoms with E-state index in [0.717, 1.165) is 6.42 Å². The van der Waals surface area contributed by atoms with Crippen LogP contribution < -0.4 is 10.6 Å². The van der Waals surface area contributed by atoms with Crippen LogP contribution in [-0.4, -0.2) is 29.2 Å². The van der Waals surface area contributed by atoms with Gasteiger partial charge in [0, 0.05) is 6.04 Å². The van der Waals surface area contributed by atoms with Gasteiger partial charge in [0.2, 0.25) is 0 Å². The third-order valence-electron chi connectivity index (χ3n) is 3.22. The number of thiophene rings is 1. The Hall–Kier alpha value is -1.82. The van der Waals surface area contributed by atoms with E-state index in [-0.39, 0.29) is 18.1 Å². The van der Waals surface area contributed by atoms with Gasteiger partial charge in [-0.25, -0.2) is 4.79 Å². The summed E-state index contributed by atoms with van der Waals surface area (Å²) in [6.45, 7) is 1.95. The zero-order chi connectivity index (χ0) is 14.5. The molecule has 2 rings (SSSR count). The zero-order valence-electron chi connectivity index (χ0n) is 11.2. The molecule has 1 aromatic heterocycles. The monoisotopic (exact) mass is 294 g/mol. The van der Waals surface area contributed by atoms with E-state index in [4.69, 9.17) is 5.11 Å². The van der Waals surface area contributed by atoms with Crippen molar-refractivity contribution in [2.75, 3.05) is 0 Å². The molecule has 3 atom stereocenters. The van der Waals surface area contributed by atoms with Crippen molar-refractivity contribution in [2.24, 2.45) is 5.92 Å². The number of hydrogen-bond donors (Lipinski definition) is 3. The number of carbonyl (C=O) groups is 2. The van der Waals surface area contributed by atoms with Gasteiger partial charge in [-0.3, -0.25) is 4.79 Å². The van der Waals surface area contributed by atoms with E-state index < -0.39 is 11.9 Å². The Morgan fingerprint density at radius 1 is 1.50 bits per heavy atom. The summed E-state index contributed by atoms with van der Waals surface area (Å²) in [6.07, 6.45) is 4.57. The van der Waals surface area contributed by atoms with E-state index in [2.05, 4.69) is 16.0 Å². The summed E-state index contributed by atoms with van der Waals surface area (Å²) in [6, 6.07) is 1.61. The fourth-order valence-electron chi connectivity index (χ4n) is 2.24. The highest BCUT2D eigenvalue weighted by molar-refractivity contribution is 7.07. The molecule has 20 heavy (non-hydrogen) atoms. The van der Waals surface area contributed by atoms with Crippen LogP contribution in [0.3, 0.4) is 0 Å². The van der Waals surface area contributed by atoms with Crippen molar-refractivity contribution in [1.29, 1.82) is 0 Å². The number of carboxylic acids is 1. The van der Waals surface area contributed by atoms with Crippen LogP contribution in [0.2, 0.25) is 0 Å². The van der Waals surface area contributed by atoms with Gasteiger partial charge in [-0.05, 0) is 42.2 Å². The first kappa shape index (κ1) is 14.6. The second kappa shape index (κ2) is 6.56. The second-order valence-electron chi connectivity index (χ2n) is 5.03. The van der Waals surface area contributed by atoms with Crippen molar-refractivity contribution in [3.8, 4) is 0 Å². The predicted octanol–water partition coefficient (Wildman–Crippen LogP) is 2.01. The fourth-order valence-corrected chi connectivity index (χ4v) is 2.92. The van der Waals surface area contributed by atoms with Gasteiger partial charge in [0.05, 0.1) is 12.0 Å². The van der Waals surface area contributed by atoms with Crippen molar-refractivity contribution < 1.29 is 14.7 Å². The molecule has 0 saturated heterocycles. The van der Waals surface area contributed by atoms with Gasteiger partial charge >= 0.3 is 12.0 Å². The summed E-state index contributed by atoms with van der Waals surface area (Å²) < 4.78 is 0. The lowest BCUT2D eigenvalue weighted by molar-refractivity contribution is -0.140. The van der Waals surface area contributed by atoms with Crippen molar-refractivity contribution in [2.45, 2.75) is 31.8 Å². The molecule has 3 unspecified atom stereocenters. The summed E-state index contributed by atoms with van der Waals surface area (Å²) >= 11 is 1.64. The van der Waals surface area contributed by atoms with Crippen LogP contribution in [0.25, 0.3) is 0 Å². The van der Waals surface area contributed by atoms with Crippen LogP contribution >= 0.6 is 11.3 Å². The van der Waals surface area contributed by atoms with Gasteiger partial charge < -0.3 is 15.7 Å². The van der Waals surface area contributed by atoms with Crippen LogP contribution in [0, 0.1) is 5.92 Å². The maximum absolute atomic E-state index is 11.8. The molecule has 3 N–H and O–H groups in total.